The molecule has 1 aromatic rings. The van der Waals surface area contributed by atoms with E-state index in [0.717, 1.165) is 70.8 Å². The summed E-state index contributed by atoms with van der Waals surface area (Å²) in [5.41, 5.74) is 2.03. The summed E-state index contributed by atoms with van der Waals surface area (Å²) < 4.78 is 0. The van der Waals surface area contributed by atoms with Crippen molar-refractivity contribution in [2.75, 3.05) is 57.3 Å². The smallest absolute Gasteiger partial charge is 0.253 e. The van der Waals surface area contributed by atoms with Gasteiger partial charge in [-0.2, -0.15) is 0 Å². The van der Waals surface area contributed by atoms with Gasteiger partial charge in [0.2, 0.25) is 0 Å². The molecule has 2 saturated heterocycles. The highest BCUT2D eigenvalue weighted by atomic mass is 35.5. The van der Waals surface area contributed by atoms with Gasteiger partial charge in [-0.3, -0.25) is 9.69 Å². The van der Waals surface area contributed by atoms with Crippen molar-refractivity contribution in [2.45, 2.75) is 32.7 Å². The fourth-order valence-electron chi connectivity index (χ4n) is 4.01. The van der Waals surface area contributed by atoms with E-state index >= 15 is 0 Å². The SMILES string of the molecule is CCCN(CC)c1ccc(C(=O)N2CCC(N3CCNCC3)C2)cc1.Cl.Cl. The number of hydrogen-bond donors (Lipinski definition) is 1. The summed E-state index contributed by atoms with van der Waals surface area (Å²) in [5, 5.41) is 3.40. The Bertz CT molecular complexity index is 564. The molecule has 154 valence electrons. The molecule has 1 N–H and O–H groups in total. The van der Waals surface area contributed by atoms with Gasteiger partial charge in [0.05, 0.1) is 0 Å². The topological polar surface area (TPSA) is 38.8 Å². The Kier molecular flexibility index (Phi) is 10.5. The lowest BCUT2D eigenvalue weighted by molar-refractivity contribution is 0.0773. The van der Waals surface area contributed by atoms with Crippen LogP contribution in [-0.4, -0.2) is 74.1 Å². The van der Waals surface area contributed by atoms with E-state index < -0.39 is 0 Å². The minimum absolute atomic E-state index is 0. The standard InChI is InChI=1S/C20H32N4O.2ClH/c1-3-12-22(4-2)18-7-5-17(6-8-18)20(25)24-13-9-19(16-24)23-14-10-21-11-15-23;;/h5-8,19,21H,3-4,9-16H2,1-2H3;2*1H. The molecule has 2 fully saturated rings. The number of nitrogens with zero attached hydrogens (tertiary/aromatic N) is 3. The van der Waals surface area contributed by atoms with E-state index in [4.69, 9.17) is 0 Å². The van der Waals surface area contributed by atoms with Crippen molar-refractivity contribution in [3.8, 4) is 0 Å². The molecule has 1 aromatic carbocycles. The zero-order valence-electron chi connectivity index (χ0n) is 16.5. The molecule has 1 atom stereocenters. The van der Waals surface area contributed by atoms with Gasteiger partial charge in [-0.05, 0) is 44.0 Å². The number of nitrogens with one attached hydrogen (secondary N) is 1. The molecule has 0 aliphatic carbocycles. The van der Waals surface area contributed by atoms with E-state index in [1.807, 2.05) is 17.0 Å². The third kappa shape index (κ3) is 5.98. The van der Waals surface area contributed by atoms with Crippen molar-refractivity contribution >= 4 is 36.4 Å². The molecule has 1 amide bonds. The van der Waals surface area contributed by atoms with Crippen molar-refractivity contribution in [1.29, 1.82) is 0 Å². The first kappa shape index (κ1) is 24.0. The first-order chi connectivity index (χ1) is 12.2. The van der Waals surface area contributed by atoms with E-state index in [-0.39, 0.29) is 30.7 Å². The summed E-state index contributed by atoms with van der Waals surface area (Å²) in [6.45, 7) is 12.5. The minimum atomic E-state index is 0. The van der Waals surface area contributed by atoms with E-state index in [0.29, 0.717) is 6.04 Å². The van der Waals surface area contributed by atoms with Crippen LogP contribution in [0.5, 0.6) is 0 Å². The number of likely N-dealkylation sites (tertiary alicyclic amines) is 1. The molecule has 0 radical (unpaired) electrons. The van der Waals surface area contributed by atoms with E-state index in [1.54, 1.807) is 0 Å². The Hall–Kier alpha value is -1.01. The van der Waals surface area contributed by atoms with Gasteiger partial charge in [0, 0.05) is 69.7 Å². The predicted molar refractivity (Wildman–Crippen MR) is 118 cm³/mol. The molecule has 1 unspecified atom stereocenters. The number of piperazine rings is 1. The van der Waals surface area contributed by atoms with Crippen LogP contribution < -0.4 is 10.2 Å². The Morgan fingerprint density at radius 1 is 1.11 bits per heavy atom. The summed E-state index contributed by atoms with van der Waals surface area (Å²) in [6.07, 6.45) is 2.24. The Morgan fingerprint density at radius 2 is 1.78 bits per heavy atom. The van der Waals surface area contributed by atoms with Gasteiger partial charge in [0.1, 0.15) is 0 Å². The number of anilines is 1. The molecule has 0 aromatic heterocycles. The fourth-order valence-corrected chi connectivity index (χ4v) is 4.01. The van der Waals surface area contributed by atoms with Crippen LogP contribution in [0.1, 0.15) is 37.0 Å². The highest BCUT2D eigenvalue weighted by Crippen LogP contribution is 2.21. The second-order valence-corrected chi connectivity index (χ2v) is 7.11. The van der Waals surface area contributed by atoms with Gasteiger partial charge in [0.15, 0.2) is 0 Å². The van der Waals surface area contributed by atoms with E-state index in [9.17, 15) is 4.79 Å². The third-order valence-electron chi connectivity index (χ3n) is 5.47. The molecule has 2 aliphatic rings. The highest BCUT2D eigenvalue weighted by Gasteiger charge is 2.31. The van der Waals surface area contributed by atoms with Crippen LogP contribution in [0.4, 0.5) is 5.69 Å². The molecule has 0 bridgehead atoms. The normalized spacial score (nSPS) is 19.9. The zero-order valence-corrected chi connectivity index (χ0v) is 18.2. The van der Waals surface area contributed by atoms with Crippen molar-refractivity contribution in [1.82, 2.24) is 15.1 Å². The van der Waals surface area contributed by atoms with Gasteiger partial charge in [-0.15, -0.1) is 24.8 Å². The largest absolute Gasteiger partial charge is 0.372 e. The molecule has 5 nitrogen and oxygen atoms in total. The molecule has 2 aliphatic heterocycles. The first-order valence-corrected chi connectivity index (χ1v) is 9.82. The van der Waals surface area contributed by atoms with Gasteiger partial charge < -0.3 is 15.1 Å². The molecular formula is C20H34Cl2N4O. The summed E-state index contributed by atoms with van der Waals surface area (Å²) >= 11 is 0. The Balaban J connectivity index is 0.00000182. The number of benzene rings is 1. The summed E-state index contributed by atoms with van der Waals surface area (Å²) in [4.78, 5) is 19.8. The van der Waals surface area contributed by atoms with Gasteiger partial charge in [0.25, 0.3) is 5.91 Å². The van der Waals surface area contributed by atoms with Crippen LogP contribution in [0.15, 0.2) is 24.3 Å². The van der Waals surface area contributed by atoms with Crippen molar-refractivity contribution in [2.24, 2.45) is 0 Å². The quantitative estimate of drug-likeness (QED) is 0.773. The second-order valence-electron chi connectivity index (χ2n) is 7.11. The molecule has 3 rings (SSSR count). The van der Waals surface area contributed by atoms with Crippen LogP contribution >= 0.6 is 24.8 Å². The molecule has 2 heterocycles. The van der Waals surface area contributed by atoms with Crippen LogP contribution in [0.3, 0.4) is 0 Å². The molecular weight excluding hydrogens is 383 g/mol. The number of carbonyl (C=O) groups excluding carboxylic acids is 1. The number of halogens is 2. The maximum absolute atomic E-state index is 12.8. The first-order valence-electron chi connectivity index (χ1n) is 9.82. The van der Waals surface area contributed by atoms with Crippen molar-refractivity contribution in [3.05, 3.63) is 29.8 Å². The van der Waals surface area contributed by atoms with Crippen LogP contribution in [-0.2, 0) is 0 Å². The number of carbonyl (C=O) groups is 1. The lowest BCUT2D eigenvalue weighted by atomic mass is 10.1. The maximum atomic E-state index is 12.8. The number of rotatable bonds is 6. The second kappa shape index (κ2) is 11.7. The van der Waals surface area contributed by atoms with Gasteiger partial charge >= 0.3 is 0 Å². The minimum Gasteiger partial charge on any atom is -0.372 e. The zero-order chi connectivity index (χ0) is 17.6. The van der Waals surface area contributed by atoms with Gasteiger partial charge in [-0.1, -0.05) is 6.92 Å². The molecule has 7 heteroatoms. The highest BCUT2D eigenvalue weighted by molar-refractivity contribution is 5.94. The molecule has 0 saturated carbocycles. The van der Waals surface area contributed by atoms with Crippen LogP contribution in [0.2, 0.25) is 0 Å². The average Bonchev–Trinajstić information content (AvgIpc) is 3.16. The summed E-state index contributed by atoms with van der Waals surface area (Å²) in [7, 11) is 0. The van der Waals surface area contributed by atoms with Gasteiger partial charge in [-0.25, -0.2) is 0 Å². The number of amides is 1. The van der Waals surface area contributed by atoms with E-state index in [2.05, 4.69) is 41.1 Å². The maximum Gasteiger partial charge on any atom is 0.253 e. The summed E-state index contributed by atoms with van der Waals surface area (Å²) in [6, 6.07) is 8.71. The van der Waals surface area contributed by atoms with Crippen molar-refractivity contribution in [3.63, 3.8) is 0 Å². The Morgan fingerprint density at radius 3 is 2.37 bits per heavy atom. The van der Waals surface area contributed by atoms with Crippen LogP contribution in [0.25, 0.3) is 0 Å². The molecule has 0 spiro atoms. The fraction of sp³-hybridized carbons (Fsp3) is 0.650. The van der Waals surface area contributed by atoms with E-state index in [1.165, 1.54) is 5.69 Å². The van der Waals surface area contributed by atoms with Crippen molar-refractivity contribution < 1.29 is 4.79 Å². The monoisotopic (exact) mass is 416 g/mol. The lowest BCUT2D eigenvalue weighted by Crippen LogP contribution is -2.49. The summed E-state index contributed by atoms with van der Waals surface area (Å²) in [5.74, 6) is 0.183. The third-order valence-corrected chi connectivity index (χ3v) is 5.47. The molecule has 27 heavy (non-hydrogen) atoms. The average molecular weight is 417 g/mol. The lowest BCUT2D eigenvalue weighted by Gasteiger charge is -2.32. The predicted octanol–water partition coefficient (Wildman–Crippen LogP) is 2.89. The Labute approximate surface area is 176 Å². The van der Waals surface area contributed by atoms with Crippen LogP contribution in [0, 0.1) is 0 Å². The number of hydrogen-bond acceptors (Lipinski definition) is 4.